The van der Waals surface area contributed by atoms with Crippen LogP contribution in [0.15, 0.2) is 22.8 Å². The topological polar surface area (TPSA) is 28.2 Å². The van der Waals surface area contributed by atoms with Gasteiger partial charge in [0, 0.05) is 18.8 Å². The van der Waals surface area contributed by atoms with Gasteiger partial charge >= 0.3 is 0 Å². The van der Waals surface area contributed by atoms with Crippen LogP contribution in [0.5, 0.6) is 0 Å². The van der Waals surface area contributed by atoms with Gasteiger partial charge in [0.15, 0.2) is 0 Å². The zero-order chi connectivity index (χ0) is 12.7. The molecule has 0 radical (unpaired) electrons. The van der Waals surface area contributed by atoms with Crippen molar-refractivity contribution in [1.82, 2.24) is 9.88 Å². The maximum Gasteiger partial charge on any atom is 0.140 e. The summed E-state index contributed by atoms with van der Waals surface area (Å²) in [7, 11) is 2.17. The van der Waals surface area contributed by atoms with Crippen LogP contribution in [0.3, 0.4) is 0 Å². The van der Waals surface area contributed by atoms with Gasteiger partial charge in [-0.2, -0.15) is 0 Å². The van der Waals surface area contributed by atoms with Crippen molar-refractivity contribution in [2.45, 2.75) is 32.7 Å². The van der Waals surface area contributed by atoms with E-state index in [1.54, 1.807) is 6.20 Å². The summed E-state index contributed by atoms with van der Waals surface area (Å²) >= 11 is 3.47. The second kappa shape index (κ2) is 7.67. The number of unbranched alkanes of at least 4 members (excludes halogenated alkanes) is 1. The van der Waals surface area contributed by atoms with Gasteiger partial charge < -0.3 is 10.2 Å². The Hall–Kier alpha value is -0.610. The van der Waals surface area contributed by atoms with Crippen LogP contribution in [0.25, 0.3) is 0 Å². The van der Waals surface area contributed by atoms with Gasteiger partial charge in [-0.1, -0.05) is 0 Å². The average molecular weight is 300 g/mol. The largest absolute Gasteiger partial charge is 0.369 e. The van der Waals surface area contributed by atoms with Gasteiger partial charge in [0.05, 0.1) is 4.47 Å². The highest BCUT2D eigenvalue weighted by Crippen LogP contribution is 2.17. The van der Waals surface area contributed by atoms with Crippen LogP contribution in [-0.4, -0.2) is 36.1 Å². The van der Waals surface area contributed by atoms with Gasteiger partial charge in [-0.3, -0.25) is 0 Å². The Morgan fingerprint density at radius 3 is 2.82 bits per heavy atom. The predicted octanol–water partition coefficient (Wildman–Crippen LogP) is 3.38. The number of nitrogens with zero attached hydrogens (tertiary/aromatic N) is 2. The molecule has 1 rings (SSSR count). The van der Waals surface area contributed by atoms with Crippen LogP contribution < -0.4 is 5.32 Å². The molecule has 96 valence electrons. The van der Waals surface area contributed by atoms with Gasteiger partial charge in [0.2, 0.25) is 0 Å². The van der Waals surface area contributed by atoms with Crippen molar-refractivity contribution in [2.75, 3.05) is 25.5 Å². The maximum absolute atomic E-state index is 4.27. The zero-order valence-corrected chi connectivity index (χ0v) is 12.5. The Bertz CT molecular complexity index is 328. The van der Waals surface area contributed by atoms with Crippen molar-refractivity contribution in [3.05, 3.63) is 22.8 Å². The minimum absolute atomic E-state index is 0.632. The smallest absolute Gasteiger partial charge is 0.140 e. The van der Waals surface area contributed by atoms with Crippen LogP contribution in [0, 0.1) is 0 Å². The monoisotopic (exact) mass is 299 g/mol. The first kappa shape index (κ1) is 14.5. The van der Waals surface area contributed by atoms with E-state index in [9.17, 15) is 0 Å². The fourth-order valence-corrected chi connectivity index (χ4v) is 1.86. The van der Waals surface area contributed by atoms with Crippen LogP contribution >= 0.6 is 15.9 Å². The van der Waals surface area contributed by atoms with Gasteiger partial charge in [-0.15, -0.1) is 0 Å². The number of halogens is 1. The Labute approximate surface area is 113 Å². The molecular formula is C13H22BrN3. The van der Waals surface area contributed by atoms with E-state index in [4.69, 9.17) is 0 Å². The molecule has 0 fully saturated rings. The molecule has 0 saturated carbocycles. The van der Waals surface area contributed by atoms with Crippen LogP contribution in [-0.2, 0) is 0 Å². The lowest BCUT2D eigenvalue weighted by Gasteiger charge is -2.20. The van der Waals surface area contributed by atoms with Gasteiger partial charge in [0.25, 0.3) is 0 Å². The molecule has 1 aromatic heterocycles. The fraction of sp³-hybridized carbons (Fsp3) is 0.615. The predicted molar refractivity (Wildman–Crippen MR) is 77.4 cm³/mol. The van der Waals surface area contributed by atoms with E-state index < -0.39 is 0 Å². The Morgan fingerprint density at radius 1 is 1.41 bits per heavy atom. The van der Waals surface area contributed by atoms with Crippen molar-refractivity contribution in [3.8, 4) is 0 Å². The summed E-state index contributed by atoms with van der Waals surface area (Å²) in [5, 5.41) is 3.34. The molecule has 1 heterocycles. The molecular weight excluding hydrogens is 278 g/mol. The molecule has 0 aromatic carbocycles. The van der Waals surface area contributed by atoms with Gasteiger partial charge in [-0.25, -0.2) is 4.98 Å². The molecule has 0 aliphatic heterocycles. The second-order valence-corrected chi connectivity index (χ2v) is 5.40. The van der Waals surface area contributed by atoms with E-state index in [0.29, 0.717) is 6.04 Å². The molecule has 0 unspecified atom stereocenters. The first-order valence-electron chi connectivity index (χ1n) is 6.16. The number of hydrogen-bond donors (Lipinski definition) is 1. The average Bonchev–Trinajstić information content (AvgIpc) is 2.30. The number of nitrogens with one attached hydrogen (secondary N) is 1. The standard InChI is InChI=1S/C13H22BrN3/c1-11(2)17(3)10-5-4-8-15-13-12(14)7-6-9-16-13/h6-7,9,11H,4-5,8,10H2,1-3H3,(H,15,16). The van der Waals surface area contributed by atoms with Crippen LogP contribution in [0.1, 0.15) is 26.7 Å². The molecule has 0 spiro atoms. The zero-order valence-electron chi connectivity index (χ0n) is 10.9. The number of anilines is 1. The van der Waals surface area contributed by atoms with Crippen molar-refractivity contribution in [2.24, 2.45) is 0 Å². The summed E-state index contributed by atoms with van der Waals surface area (Å²) in [5.41, 5.74) is 0. The lowest BCUT2D eigenvalue weighted by atomic mass is 10.2. The lowest BCUT2D eigenvalue weighted by molar-refractivity contribution is 0.269. The molecule has 0 saturated heterocycles. The summed E-state index contributed by atoms with van der Waals surface area (Å²) in [6.07, 6.45) is 4.19. The highest BCUT2D eigenvalue weighted by atomic mass is 79.9. The minimum Gasteiger partial charge on any atom is -0.369 e. The lowest BCUT2D eigenvalue weighted by Crippen LogP contribution is -2.27. The van der Waals surface area contributed by atoms with E-state index in [-0.39, 0.29) is 0 Å². The van der Waals surface area contributed by atoms with Crippen molar-refractivity contribution in [3.63, 3.8) is 0 Å². The summed E-state index contributed by atoms with van der Waals surface area (Å²) < 4.78 is 1.03. The van der Waals surface area contributed by atoms with E-state index >= 15 is 0 Å². The SMILES string of the molecule is CC(C)N(C)CCCCNc1ncccc1Br. The molecule has 0 aliphatic carbocycles. The molecule has 3 nitrogen and oxygen atoms in total. The molecule has 0 atom stereocenters. The molecule has 4 heteroatoms. The van der Waals surface area contributed by atoms with E-state index in [1.165, 1.54) is 12.8 Å². The van der Waals surface area contributed by atoms with Crippen molar-refractivity contribution < 1.29 is 0 Å². The number of aromatic nitrogens is 1. The fourth-order valence-electron chi connectivity index (χ4n) is 1.47. The first-order chi connectivity index (χ1) is 8.11. The van der Waals surface area contributed by atoms with Crippen LogP contribution in [0.4, 0.5) is 5.82 Å². The normalized spacial score (nSPS) is 11.2. The Balaban J connectivity index is 2.15. The molecule has 0 aliphatic rings. The third-order valence-electron chi connectivity index (χ3n) is 2.87. The summed E-state index contributed by atoms with van der Waals surface area (Å²) in [4.78, 5) is 6.64. The molecule has 1 aromatic rings. The number of rotatable bonds is 7. The highest BCUT2D eigenvalue weighted by Gasteiger charge is 2.02. The third-order valence-corrected chi connectivity index (χ3v) is 3.51. The first-order valence-corrected chi connectivity index (χ1v) is 6.95. The van der Waals surface area contributed by atoms with E-state index in [0.717, 1.165) is 23.4 Å². The van der Waals surface area contributed by atoms with E-state index in [1.807, 2.05) is 12.1 Å². The number of pyridine rings is 1. The second-order valence-electron chi connectivity index (χ2n) is 4.54. The van der Waals surface area contributed by atoms with Gasteiger partial charge in [0.1, 0.15) is 5.82 Å². The Morgan fingerprint density at radius 2 is 2.18 bits per heavy atom. The van der Waals surface area contributed by atoms with Gasteiger partial charge in [-0.05, 0) is 68.3 Å². The maximum atomic E-state index is 4.27. The minimum atomic E-state index is 0.632. The van der Waals surface area contributed by atoms with Crippen molar-refractivity contribution >= 4 is 21.7 Å². The third kappa shape index (κ3) is 5.50. The van der Waals surface area contributed by atoms with E-state index in [2.05, 4.69) is 52.0 Å². The molecule has 0 bridgehead atoms. The Kier molecular flexibility index (Phi) is 6.52. The summed E-state index contributed by atoms with van der Waals surface area (Å²) in [5.74, 6) is 0.935. The summed E-state index contributed by atoms with van der Waals surface area (Å²) in [6.45, 7) is 6.58. The summed E-state index contributed by atoms with van der Waals surface area (Å²) in [6, 6.07) is 4.56. The van der Waals surface area contributed by atoms with Crippen LogP contribution in [0.2, 0.25) is 0 Å². The molecule has 1 N–H and O–H groups in total. The van der Waals surface area contributed by atoms with Crippen molar-refractivity contribution in [1.29, 1.82) is 0 Å². The highest BCUT2D eigenvalue weighted by molar-refractivity contribution is 9.10. The number of hydrogen-bond acceptors (Lipinski definition) is 3. The quantitative estimate of drug-likeness (QED) is 0.783. The molecule has 0 amide bonds. The molecule has 17 heavy (non-hydrogen) atoms.